The molecule has 100 valence electrons. The van der Waals surface area contributed by atoms with Gasteiger partial charge >= 0.3 is 5.97 Å². The van der Waals surface area contributed by atoms with Crippen molar-refractivity contribution in [2.45, 2.75) is 26.3 Å². The zero-order valence-electron chi connectivity index (χ0n) is 11.1. The first-order chi connectivity index (χ1) is 8.00. The van der Waals surface area contributed by atoms with Gasteiger partial charge in [-0.25, -0.2) is 0 Å². The van der Waals surface area contributed by atoms with Crippen molar-refractivity contribution < 1.29 is 14.3 Å². The smallest absolute Gasteiger partial charge is 0.325 e. The van der Waals surface area contributed by atoms with Crippen LogP contribution in [0.1, 0.15) is 20.3 Å². The maximum absolute atomic E-state index is 11.6. The largest absolute Gasteiger partial charge is 0.468 e. The van der Waals surface area contributed by atoms with Crippen molar-refractivity contribution in [1.29, 1.82) is 0 Å². The van der Waals surface area contributed by atoms with E-state index >= 15 is 0 Å². The lowest BCUT2D eigenvalue weighted by Gasteiger charge is -2.35. The highest BCUT2D eigenvalue weighted by molar-refractivity contribution is 5.75. The van der Waals surface area contributed by atoms with Crippen LogP contribution in [0.25, 0.3) is 0 Å². The van der Waals surface area contributed by atoms with Crippen LogP contribution < -0.4 is 5.73 Å². The molecule has 1 aliphatic rings. The molecule has 1 heterocycles. The molecule has 0 spiro atoms. The highest BCUT2D eigenvalue weighted by Crippen LogP contribution is 2.20. The molecule has 1 unspecified atom stereocenters. The second-order valence-electron chi connectivity index (χ2n) is 5.27. The Morgan fingerprint density at radius 2 is 2.29 bits per heavy atom. The zero-order chi connectivity index (χ0) is 12.9. The molecule has 1 saturated heterocycles. The highest BCUT2D eigenvalue weighted by Gasteiger charge is 2.31. The summed E-state index contributed by atoms with van der Waals surface area (Å²) in [6, 6.07) is -0.262. The van der Waals surface area contributed by atoms with E-state index in [1.165, 1.54) is 7.11 Å². The maximum atomic E-state index is 11.6. The Balaban J connectivity index is 2.51. The molecule has 5 nitrogen and oxygen atoms in total. The van der Waals surface area contributed by atoms with E-state index in [9.17, 15) is 4.79 Å². The van der Waals surface area contributed by atoms with E-state index in [4.69, 9.17) is 15.2 Å². The molecular formula is C12H24N2O3. The van der Waals surface area contributed by atoms with Crippen molar-refractivity contribution >= 4 is 5.97 Å². The van der Waals surface area contributed by atoms with Gasteiger partial charge in [0, 0.05) is 6.54 Å². The van der Waals surface area contributed by atoms with Gasteiger partial charge in [0.25, 0.3) is 0 Å². The number of rotatable bonds is 5. The minimum Gasteiger partial charge on any atom is -0.468 e. The third-order valence-corrected chi connectivity index (χ3v) is 3.34. The minimum atomic E-state index is -0.262. The Morgan fingerprint density at radius 3 is 2.88 bits per heavy atom. The number of hydrogen-bond acceptors (Lipinski definition) is 5. The number of esters is 1. The van der Waals surface area contributed by atoms with Crippen LogP contribution in [0.2, 0.25) is 0 Å². The molecule has 0 radical (unpaired) electrons. The SMILES string of the molecule is COC(=O)C1COCCN1CCC(C)(C)CN. The van der Waals surface area contributed by atoms with Crippen LogP contribution in [0.3, 0.4) is 0 Å². The number of carbonyl (C=O) groups is 1. The molecule has 0 bridgehead atoms. The number of carbonyl (C=O) groups excluding carboxylic acids is 1. The normalized spacial score (nSPS) is 22.5. The predicted octanol–water partition coefficient (Wildman–Crippen LogP) is 0.235. The molecule has 17 heavy (non-hydrogen) atoms. The molecular weight excluding hydrogens is 220 g/mol. The zero-order valence-corrected chi connectivity index (χ0v) is 11.1. The van der Waals surface area contributed by atoms with E-state index in [2.05, 4.69) is 18.7 Å². The summed E-state index contributed by atoms with van der Waals surface area (Å²) in [5.74, 6) is -0.213. The van der Waals surface area contributed by atoms with Crippen molar-refractivity contribution in [3.63, 3.8) is 0 Å². The fourth-order valence-electron chi connectivity index (χ4n) is 1.81. The van der Waals surface area contributed by atoms with Crippen molar-refractivity contribution in [2.24, 2.45) is 11.1 Å². The summed E-state index contributed by atoms with van der Waals surface area (Å²) in [4.78, 5) is 13.7. The first kappa shape index (κ1) is 14.4. The Bertz CT molecular complexity index is 256. The van der Waals surface area contributed by atoms with Crippen LogP contribution in [-0.4, -0.2) is 56.9 Å². The van der Waals surface area contributed by atoms with Crippen LogP contribution >= 0.6 is 0 Å². The molecule has 1 atom stereocenters. The van der Waals surface area contributed by atoms with E-state index in [0.29, 0.717) is 19.8 Å². The Labute approximate surface area is 103 Å². The van der Waals surface area contributed by atoms with Gasteiger partial charge in [-0.2, -0.15) is 0 Å². The quantitative estimate of drug-likeness (QED) is 0.702. The molecule has 0 aromatic rings. The standard InChI is InChI=1S/C12H24N2O3/c1-12(2,9-13)4-5-14-6-7-17-8-10(14)11(15)16-3/h10H,4-9,13H2,1-3H3. The summed E-state index contributed by atoms with van der Waals surface area (Å²) in [6.45, 7) is 7.67. The fourth-order valence-corrected chi connectivity index (χ4v) is 1.81. The van der Waals surface area contributed by atoms with Gasteiger partial charge in [0.1, 0.15) is 6.04 Å². The number of ether oxygens (including phenoxy) is 2. The summed E-state index contributed by atoms with van der Waals surface area (Å²) in [5.41, 5.74) is 5.82. The van der Waals surface area contributed by atoms with Gasteiger partial charge in [0.15, 0.2) is 0 Å². The third kappa shape index (κ3) is 4.26. The monoisotopic (exact) mass is 244 g/mol. The van der Waals surface area contributed by atoms with Gasteiger partial charge in [0.05, 0.1) is 20.3 Å². The lowest BCUT2D eigenvalue weighted by Crippen LogP contribution is -2.51. The first-order valence-corrected chi connectivity index (χ1v) is 6.10. The van der Waals surface area contributed by atoms with Gasteiger partial charge in [-0.1, -0.05) is 13.8 Å². The molecule has 0 aromatic heterocycles. The van der Waals surface area contributed by atoms with Crippen LogP contribution in [0.5, 0.6) is 0 Å². The summed E-state index contributed by atoms with van der Waals surface area (Å²) in [5, 5.41) is 0. The lowest BCUT2D eigenvalue weighted by atomic mass is 9.89. The summed E-state index contributed by atoms with van der Waals surface area (Å²) >= 11 is 0. The molecule has 0 amide bonds. The van der Waals surface area contributed by atoms with Crippen LogP contribution in [0.15, 0.2) is 0 Å². The fraction of sp³-hybridized carbons (Fsp3) is 0.917. The van der Waals surface area contributed by atoms with Crippen LogP contribution in [0, 0.1) is 5.41 Å². The summed E-state index contributed by atoms with van der Waals surface area (Å²) in [6.07, 6.45) is 0.969. The first-order valence-electron chi connectivity index (χ1n) is 6.10. The minimum absolute atomic E-state index is 0.110. The second-order valence-corrected chi connectivity index (χ2v) is 5.27. The Morgan fingerprint density at radius 1 is 1.59 bits per heavy atom. The molecule has 5 heteroatoms. The van der Waals surface area contributed by atoms with E-state index in [-0.39, 0.29) is 17.4 Å². The third-order valence-electron chi connectivity index (χ3n) is 3.34. The molecule has 1 rings (SSSR count). The van der Waals surface area contributed by atoms with Crippen molar-refractivity contribution in [2.75, 3.05) is 40.0 Å². The van der Waals surface area contributed by atoms with Gasteiger partial charge < -0.3 is 15.2 Å². The average molecular weight is 244 g/mol. The Kier molecular flexibility index (Phi) is 5.36. The number of methoxy groups -OCH3 is 1. The molecule has 0 saturated carbocycles. The van der Waals surface area contributed by atoms with Gasteiger partial charge in [-0.15, -0.1) is 0 Å². The van der Waals surface area contributed by atoms with Crippen LogP contribution in [0.4, 0.5) is 0 Å². The molecule has 1 aliphatic heterocycles. The molecule has 2 N–H and O–H groups in total. The summed E-state index contributed by atoms with van der Waals surface area (Å²) in [7, 11) is 1.42. The number of nitrogens with zero attached hydrogens (tertiary/aromatic N) is 1. The molecule has 0 aromatic carbocycles. The summed E-state index contributed by atoms with van der Waals surface area (Å²) < 4.78 is 10.1. The van der Waals surface area contributed by atoms with E-state index in [0.717, 1.165) is 19.5 Å². The number of nitrogens with two attached hydrogens (primary N) is 1. The van der Waals surface area contributed by atoms with Crippen molar-refractivity contribution in [3.05, 3.63) is 0 Å². The van der Waals surface area contributed by atoms with E-state index < -0.39 is 0 Å². The predicted molar refractivity (Wildman–Crippen MR) is 65.6 cm³/mol. The van der Waals surface area contributed by atoms with Crippen LogP contribution in [-0.2, 0) is 14.3 Å². The van der Waals surface area contributed by atoms with Crippen molar-refractivity contribution in [3.8, 4) is 0 Å². The lowest BCUT2D eigenvalue weighted by molar-refractivity contribution is -0.153. The van der Waals surface area contributed by atoms with Gasteiger partial charge in [0.2, 0.25) is 0 Å². The Hall–Kier alpha value is -0.650. The second kappa shape index (κ2) is 6.33. The number of hydrogen-bond donors (Lipinski definition) is 1. The molecule has 0 aliphatic carbocycles. The van der Waals surface area contributed by atoms with Gasteiger partial charge in [-0.3, -0.25) is 9.69 Å². The molecule has 1 fully saturated rings. The van der Waals surface area contributed by atoms with Gasteiger partial charge in [-0.05, 0) is 24.9 Å². The van der Waals surface area contributed by atoms with E-state index in [1.807, 2.05) is 0 Å². The maximum Gasteiger partial charge on any atom is 0.325 e. The highest BCUT2D eigenvalue weighted by atomic mass is 16.5. The average Bonchev–Trinajstić information content (AvgIpc) is 2.36. The van der Waals surface area contributed by atoms with E-state index in [1.54, 1.807) is 0 Å². The topological polar surface area (TPSA) is 64.8 Å². The number of morpholine rings is 1. The van der Waals surface area contributed by atoms with Crippen molar-refractivity contribution in [1.82, 2.24) is 4.90 Å².